The van der Waals surface area contributed by atoms with E-state index in [1.165, 1.54) is 9.80 Å². The summed E-state index contributed by atoms with van der Waals surface area (Å²) < 4.78 is 0. The van der Waals surface area contributed by atoms with Crippen molar-refractivity contribution in [3.63, 3.8) is 0 Å². The van der Waals surface area contributed by atoms with Gasteiger partial charge in [0.1, 0.15) is 6.04 Å². The van der Waals surface area contributed by atoms with Crippen molar-refractivity contribution in [1.29, 1.82) is 0 Å². The zero-order chi connectivity index (χ0) is 14.6. The molecule has 2 atom stereocenters. The molecule has 1 rings (SSSR count). The Labute approximate surface area is 114 Å². The molecular weight excluding hydrogens is 248 g/mol. The van der Waals surface area contributed by atoms with Gasteiger partial charge in [-0.25, -0.2) is 9.59 Å². The van der Waals surface area contributed by atoms with Crippen LogP contribution >= 0.6 is 0 Å². The highest BCUT2D eigenvalue weighted by Crippen LogP contribution is 2.25. The average Bonchev–Trinajstić information content (AvgIpc) is 2.33. The van der Waals surface area contributed by atoms with E-state index in [1.807, 2.05) is 20.8 Å². The largest absolute Gasteiger partial charge is 0.480 e. The lowest BCUT2D eigenvalue weighted by Crippen LogP contribution is -2.57. The lowest BCUT2D eigenvalue weighted by atomic mass is 9.91. The Kier molecular flexibility index (Phi) is 5.60. The van der Waals surface area contributed by atoms with Crippen LogP contribution in [0.25, 0.3) is 0 Å². The summed E-state index contributed by atoms with van der Waals surface area (Å²) in [5.41, 5.74) is 0. The lowest BCUT2D eigenvalue weighted by Gasteiger charge is -2.41. The van der Waals surface area contributed by atoms with Gasteiger partial charge in [-0.15, -0.1) is 0 Å². The predicted octanol–water partition coefficient (Wildman–Crippen LogP) is 0.994. The van der Waals surface area contributed by atoms with Crippen molar-refractivity contribution < 1.29 is 19.8 Å². The number of rotatable bonds is 4. The molecular formula is C13H24N2O4. The quantitative estimate of drug-likeness (QED) is 0.800. The average molecular weight is 272 g/mol. The van der Waals surface area contributed by atoms with Crippen molar-refractivity contribution in [2.75, 3.05) is 19.7 Å². The van der Waals surface area contributed by atoms with Crippen molar-refractivity contribution in [3.8, 4) is 0 Å². The molecule has 1 heterocycles. The van der Waals surface area contributed by atoms with E-state index in [1.54, 1.807) is 0 Å². The number of aliphatic hydroxyl groups is 1. The second-order valence-corrected chi connectivity index (χ2v) is 5.39. The van der Waals surface area contributed by atoms with Gasteiger partial charge in [0.15, 0.2) is 0 Å². The number of carboxylic acids is 1. The topological polar surface area (TPSA) is 81.1 Å². The van der Waals surface area contributed by atoms with E-state index < -0.39 is 12.0 Å². The van der Waals surface area contributed by atoms with Crippen molar-refractivity contribution in [1.82, 2.24) is 9.80 Å². The van der Waals surface area contributed by atoms with Crippen molar-refractivity contribution in [2.24, 2.45) is 5.92 Å². The predicted molar refractivity (Wildman–Crippen MR) is 70.9 cm³/mol. The summed E-state index contributed by atoms with van der Waals surface area (Å²) in [7, 11) is 0. The van der Waals surface area contributed by atoms with Crippen LogP contribution in [0.15, 0.2) is 0 Å². The molecule has 0 radical (unpaired) electrons. The van der Waals surface area contributed by atoms with E-state index in [-0.39, 0.29) is 31.1 Å². The van der Waals surface area contributed by atoms with Crippen LogP contribution in [0, 0.1) is 5.92 Å². The molecule has 19 heavy (non-hydrogen) atoms. The second kappa shape index (κ2) is 6.75. The molecule has 1 aliphatic heterocycles. The number of amides is 2. The minimum atomic E-state index is -0.951. The third-order valence-electron chi connectivity index (χ3n) is 3.64. The van der Waals surface area contributed by atoms with Gasteiger partial charge in [0.2, 0.25) is 0 Å². The normalized spacial score (nSPS) is 23.5. The molecule has 0 aromatic rings. The fourth-order valence-corrected chi connectivity index (χ4v) is 2.63. The van der Waals surface area contributed by atoms with Crippen LogP contribution in [0.3, 0.4) is 0 Å². The third kappa shape index (κ3) is 3.59. The molecule has 2 unspecified atom stereocenters. The number of hydrogen-bond acceptors (Lipinski definition) is 3. The molecule has 0 aromatic carbocycles. The number of piperidine rings is 1. The van der Waals surface area contributed by atoms with Crippen molar-refractivity contribution in [3.05, 3.63) is 0 Å². The number of carboxylic acid groups (broad SMARTS) is 1. The zero-order valence-electron chi connectivity index (χ0n) is 11.9. The van der Waals surface area contributed by atoms with E-state index in [0.717, 1.165) is 12.8 Å². The molecule has 2 N–H and O–H groups in total. The number of hydrogen-bond donors (Lipinski definition) is 2. The highest BCUT2D eigenvalue weighted by atomic mass is 16.4. The van der Waals surface area contributed by atoms with E-state index in [9.17, 15) is 14.7 Å². The van der Waals surface area contributed by atoms with Gasteiger partial charge in [-0.3, -0.25) is 0 Å². The number of urea groups is 1. The fourth-order valence-electron chi connectivity index (χ4n) is 2.63. The smallest absolute Gasteiger partial charge is 0.326 e. The molecule has 0 spiro atoms. The summed E-state index contributed by atoms with van der Waals surface area (Å²) in [5, 5.41) is 18.3. The van der Waals surface area contributed by atoms with Gasteiger partial charge in [0, 0.05) is 19.1 Å². The van der Waals surface area contributed by atoms with Crippen LogP contribution in [0.5, 0.6) is 0 Å². The van der Waals surface area contributed by atoms with Gasteiger partial charge in [0.25, 0.3) is 0 Å². The first-order valence-electron chi connectivity index (χ1n) is 6.81. The maximum Gasteiger partial charge on any atom is 0.326 e. The van der Waals surface area contributed by atoms with Crippen LogP contribution in [0.2, 0.25) is 0 Å². The Morgan fingerprint density at radius 2 is 2.05 bits per heavy atom. The molecule has 0 aliphatic carbocycles. The third-order valence-corrected chi connectivity index (χ3v) is 3.64. The summed E-state index contributed by atoms with van der Waals surface area (Å²) in [4.78, 5) is 26.8. The highest BCUT2D eigenvalue weighted by Gasteiger charge is 2.39. The molecule has 1 saturated heterocycles. The van der Waals surface area contributed by atoms with E-state index in [2.05, 4.69) is 0 Å². The first-order valence-corrected chi connectivity index (χ1v) is 6.81. The molecule has 0 saturated carbocycles. The summed E-state index contributed by atoms with van der Waals surface area (Å²) >= 11 is 0. The van der Waals surface area contributed by atoms with Crippen LogP contribution in [-0.2, 0) is 4.79 Å². The summed E-state index contributed by atoms with van der Waals surface area (Å²) in [6, 6.07) is -1.12. The number of aliphatic carboxylic acids is 1. The maximum atomic E-state index is 12.5. The lowest BCUT2D eigenvalue weighted by molar-refractivity contribution is -0.145. The maximum absolute atomic E-state index is 12.5. The Balaban J connectivity index is 2.90. The number of carbonyl (C=O) groups excluding carboxylic acids is 1. The van der Waals surface area contributed by atoms with Crippen LogP contribution in [0.4, 0.5) is 4.79 Å². The Hall–Kier alpha value is -1.30. The Bertz CT molecular complexity index is 333. The van der Waals surface area contributed by atoms with Gasteiger partial charge in [0.05, 0.1) is 6.61 Å². The summed E-state index contributed by atoms with van der Waals surface area (Å²) in [6.07, 6.45) is 1.64. The van der Waals surface area contributed by atoms with Gasteiger partial charge < -0.3 is 20.0 Å². The van der Waals surface area contributed by atoms with E-state index in [0.29, 0.717) is 6.54 Å². The van der Waals surface area contributed by atoms with Gasteiger partial charge in [-0.1, -0.05) is 6.92 Å². The fraction of sp³-hybridized carbons (Fsp3) is 0.846. The highest BCUT2D eigenvalue weighted by molar-refractivity contribution is 5.83. The van der Waals surface area contributed by atoms with Crippen LogP contribution in [-0.4, -0.2) is 63.8 Å². The molecule has 0 bridgehead atoms. The number of carbonyl (C=O) groups is 2. The SMILES string of the molecule is CC1CCCN(C(=O)N(CCO)C(C)C)C1C(=O)O. The van der Waals surface area contributed by atoms with Crippen LogP contribution in [0.1, 0.15) is 33.6 Å². The van der Waals surface area contributed by atoms with Gasteiger partial charge in [-0.05, 0) is 32.6 Å². The molecule has 1 aliphatic rings. The summed E-state index contributed by atoms with van der Waals surface area (Å²) in [5.74, 6) is -0.994. The summed E-state index contributed by atoms with van der Waals surface area (Å²) in [6.45, 7) is 6.16. The number of likely N-dealkylation sites (tertiary alicyclic amines) is 1. The molecule has 2 amide bonds. The first-order chi connectivity index (χ1) is 8.90. The molecule has 1 fully saturated rings. The Morgan fingerprint density at radius 3 is 2.53 bits per heavy atom. The van der Waals surface area contributed by atoms with Crippen LogP contribution < -0.4 is 0 Å². The standard InChI is InChI=1S/C13H24N2O4/c1-9(2)14(7-8-16)13(19)15-6-4-5-10(3)11(15)12(17)18/h9-11,16H,4-8H2,1-3H3,(H,17,18). The van der Waals surface area contributed by atoms with Crippen molar-refractivity contribution in [2.45, 2.75) is 45.7 Å². The molecule has 6 nitrogen and oxygen atoms in total. The number of aliphatic hydroxyl groups excluding tert-OH is 1. The van der Waals surface area contributed by atoms with E-state index in [4.69, 9.17) is 5.11 Å². The minimum Gasteiger partial charge on any atom is -0.480 e. The zero-order valence-corrected chi connectivity index (χ0v) is 11.9. The molecule has 0 aromatic heterocycles. The number of nitrogens with zero attached hydrogens (tertiary/aromatic N) is 2. The van der Waals surface area contributed by atoms with Gasteiger partial charge >= 0.3 is 12.0 Å². The van der Waals surface area contributed by atoms with Gasteiger partial charge in [-0.2, -0.15) is 0 Å². The molecule has 110 valence electrons. The second-order valence-electron chi connectivity index (χ2n) is 5.39. The minimum absolute atomic E-state index is 0.0432. The monoisotopic (exact) mass is 272 g/mol. The molecule has 6 heteroatoms. The first kappa shape index (κ1) is 15.8. The van der Waals surface area contributed by atoms with E-state index >= 15 is 0 Å². The van der Waals surface area contributed by atoms with Crippen molar-refractivity contribution >= 4 is 12.0 Å². The Morgan fingerprint density at radius 1 is 1.42 bits per heavy atom.